The highest BCUT2D eigenvalue weighted by Crippen LogP contribution is 2.35. The van der Waals surface area contributed by atoms with Crippen LogP contribution < -0.4 is 10.2 Å². The van der Waals surface area contributed by atoms with Crippen molar-refractivity contribution in [2.24, 2.45) is 0 Å². The molecule has 0 spiro atoms. The predicted octanol–water partition coefficient (Wildman–Crippen LogP) is 1.57. The number of non-ortho nitro benzene ring substituents is 1. The van der Waals surface area contributed by atoms with Gasteiger partial charge in [-0.25, -0.2) is 4.63 Å². The van der Waals surface area contributed by atoms with E-state index in [1.54, 1.807) is 11.0 Å². The number of nitro groups is 2. The molecule has 0 aliphatic rings. The van der Waals surface area contributed by atoms with Gasteiger partial charge in [0.25, 0.3) is 5.69 Å². The van der Waals surface area contributed by atoms with Crippen LogP contribution in [0, 0.1) is 20.2 Å². The largest absolute Gasteiger partial charge is 0.395 e. The number of fused-ring (bicyclic) bond motifs is 1. The Morgan fingerprint density at radius 3 is 2.17 bits per heavy atom. The minimum absolute atomic E-state index is 0.0553. The summed E-state index contributed by atoms with van der Waals surface area (Å²) in [5.74, 6) is 0. The normalized spacial score (nSPS) is 10.8. The Kier molecular flexibility index (Phi) is 5.80. The molecule has 0 amide bonds. The lowest BCUT2D eigenvalue weighted by molar-refractivity contribution is -0.383. The topological polar surface area (TPSA) is 181 Å². The summed E-state index contributed by atoms with van der Waals surface area (Å²) in [6, 6.07) is 6.89. The summed E-state index contributed by atoms with van der Waals surface area (Å²) in [6.07, 6.45) is 0. The van der Waals surface area contributed by atoms with E-state index in [0.29, 0.717) is 5.69 Å². The summed E-state index contributed by atoms with van der Waals surface area (Å²) in [4.78, 5) is 23.0. The molecule has 1 aromatic heterocycles. The highest BCUT2D eigenvalue weighted by atomic mass is 16.6. The van der Waals surface area contributed by atoms with Crippen molar-refractivity contribution >= 4 is 39.5 Å². The van der Waals surface area contributed by atoms with Gasteiger partial charge in [-0.1, -0.05) is 0 Å². The molecule has 29 heavy (non-hydrogen) atoms. The lowest BCUT2D eigenvalue weighted by atomic mass is 10.2. The first kappa shape index (κ1) is 19.9. The van der Waals surface area contributed by atoms with Crippen LogP contribution in [0.25, 0.3) is 11.0 Å². The monoisotopic (exact) mass is 404 g/mol. The average Bonchev–Trinajstić information content (AvgIpc) is 3.18. The van der Waals surface area contributed by atoms with Crippen LogP contribution in [-0.2, 0) is 0 Å². The third kappa shape index (κ3) is 4.04. The zero-order valence-corrected chi connectivity index (χ0v) is 14.9. The van der Waals surface area contributed by atoms with Crippen LogP contribution in [0.2, 0.25) is 0 Å². The van der Waals surface area contributed by atoms with Gasteiger partial charge in [-0.2, -0.15) is 0 Å². The van der Waals surface area contributed by atoms with E-state index in [4.69, 9.17) is 10.2 Å². The van der Waals surface area contributed by atoms with E-state index in [-0.39, 0.29) is 60.1 Å². The molecular weight excluding hydrogens is 388 g/mol. The molecule has 2 aromatic carbocycles. The minimum atomic E-state index is -0.634. The number of aliphatic hydroxyl groups excluding tert-OH is 2. The minimum Gasteiger partial charge on any atom is -0.395 e. The Balaban J connectivity index is 2.00. The number of aliphatic hydroxyl groups is 2. The predicted molar refractivity (Wildman–Crippen MR) is 101 cm³/mol. The number of benzene rings is 2. The fourth-order valence-electron chi connectivity index (χ4n) is 2.83. The molecule has 0 unspecified atom stereocenters. The lowest BCUT2D eigenvalue weighted by Crippen LogP contribution is -2.29. The maximum absolute atomic E-state index is 11.6. The first-order chi connectivity index (χ1) is 14.0. The molecule has 1 heterocycles. The van der Waals surface area contributed by atoms with Gasteiger partial charge >= 0.3 is 5.69 Å². The van der Waals surface area contributed by atoms with Crippen LogP contribution in [-0.4, -0.2) is 56.7 Å². The van der Waals surface area contributed by atoms with Crippen molar-refractivity contribution in [1.29, 1.82) is 0 Å². The van der Waals surface area contributed by atoms with Gasteiger partial charge in [-0.3, -0.25) is 20.2 Å². The zero-order valence-electron chi connectivity index (χ0n) is 14.9. The highest BCUT2D eigenvalue weighted by molar-refractivity contribution is 5.95. The van der Waals surface area contributed by atoms with E-state index in [9.17, 15) is 20.2 Å². The van der Waals surface area contributed by atoms with E-state index in [1.165, 1.54) is 24.3 Å². The van der Waals surface area contributed by atoms with Crippen molar-refractivity contribution in [2.75, 3.05) is 36.5 Å². The third-order valence-corrected chi connectivity index (χ3v) is 4.14. The van der Waals surface area contributed by atoms with E-state index in [2.05, 4.69) is 20.3 Å². The Bertz CT molecular complexity index is 1050. The number of nitrogens with zero attached hydrogens (tertiary/aromatic N) is 5. The van der Waals surface area contributed by atoms with Crippen LogP contribution in [0.15, 0.2) is 35.0 Å². The molecule has 0 aliphatic heterocycles. The molecule has 0 bridgehead atoms. The second-order valence-electron chi connectivity index (χ2n) is 5.87. The molecule has 13 heteroatoms. The quantitative estimate of drug-likeness (QED) is 0.348. The molecule has 13 nitrogen and oxygen atoms in total. The molecule has 0 atom stereocenters. The maximum Gasteiger partial charge on any atom is 0.300 e. The molecule has 3 N–H and O–H groups in total. The molecule has 152 valence electrons. The van der Waals surface area contributed by atoms with E-state index >= 15 is 0 Å². The van der Waals surface area contributed by atoms with E-state index in [1.807, 2.05) is 0 Å². The van der Waals surface area contributed by atoms with Crippen molar-refractivity contribution in [3.05, 3.63) is 50.6 Å². The lowest BCUT2D eigenvalue weighted by Gasteiger charge is -2.23. The van der Waals surface area contributed by atoms with Crippen LogP contribution in [0.4, 0.5) is 28.4 Å². The van der Waals surface area contributed by atoms with Gasteiger partial charge in [0.15, 0.2) is 5.52 Å². The molecule has 0 saturated heterocycles. The van der Waals surface area contributed by atoms with Crippen LogP contribution >= 0.6 is 0 Å². The second kappa shape index (κ2) is 8.45. The summed E-state index contributed by atoms with van der Waals surface area (Å²) in [5.41, 5.74) is 0.195. The molecule has 0 saturated carbocycles. The fraction of sp³-hybridized carbons (Fsp3) is 0.250. The van der Waals surface area contributed by atoms with Crippen molar-refractivity contribution in [3.63, 3.8) is 0 Å². The molecule has 0 fully saturated rings. The SMILES string of the molecule is O=[N+]([O-])c1cc(N(CCO)CCO)ccc1Nc1ccc([N+](=O)[O-])c2nonc12. The fourth-order valence-corrected chi connectivity index (χ4v) is 2.83. The Labute approximate surface area is 162 Å². The summed E-state index contributed by atoms with van der Waals surface area (Å²) < 4.78 is 4.58. The summed E-state index contributed by atoms with van der Waals surface area (Å²) >= 11 is 0. The van der Waals surface area contributed by atoms with Crippen molar-refractivity contribution < 1.29 is 24.7 Å². The number of hydrogen-bond donors (Lipinski definition) is 3. The van der Waals surface area contributed by atoms with Gasteiger partial charge in [0.2, 0.25) is 5.52 Å². The van der Waals surface area contributed by atoms with Gasteiger partial charge < -0.3 is 20.4 Å². The van der Waals surface area contributed by atoms with Crippen LogP contribution in [0.3, 0.4) is 0 Å². The Hall–Kier alpha value is -3.84. The van der Waals surface area contributed by atoms with E-state index in [0.717, 1.165) is 0 Å². The molecular formula is C16H16N6O7. The molecule has 3 aromatic rings. The Morgan fingerprint density at radius 2 is 1.55 bits per heavy atom. The third-order valence-electron chi connectivity index (χ3n) is 4.14. The summed E-state index contributed by atoms with van der Waals surface area (Å²) in [5, 5.41) is 51.0. The molecule has 0 aliphatic carbocycles. The van der Waals surface area contributed by atoms with Gasteiger partial charge in [0.05, 0.1) is 28.7 Å². The summed E-state index contributed by atoms with van der Waals surface area (Å²) in [6.45, 7) is 0.0115. The van der Waals surface area contributed by atoms with E-state index < -0.39 is 9.85 Å². The number of rotatable bonds is 9. The number of anilines is 3. The smallest absolute Gasteiger partial charge is 0.300 e. The highest BCUT2D eigenvalue weighted by Gasteiger charge is 2.22. The van der Waals surface area contributed by atoms with Gasteiger partial charge in [0.1, 0.15) is 5.69 Å². The van der Waals surface area contributed by atoms with Crippen LogP contribution in [0.1, 0.15) is 0 Å². The van der Waals surface area contributed by atoms with Crippen molar-refractivity contribution in [2.45, 2.75) is 0 Å². The van der Waals surface area contributed by atoms with Crippen LogP contribution in [0.5, 0.6) is 0 Å². The van der Waals surface area contributed by atoms with Gasteiger partial charge in [-0.15, -0.1) is 0 Å². The zero-order chi connectivity index (χ0) is 21.0. The molecule has 3 rings (SSSR count). The number of aromatic nitrogens is 2. The number of nitro benzene ring substituents is 2. The standard InChI is InChI=1S/C16H16N6O7/c23-7-5-20(6-8-24)10-1-2-11(14(9-10)22(27)28)17-12-3-4-13(21(25)26)16-15(12)18-29-19-16/h1-4,9,17,23-24H,5-8H2. The van der Waals surface area contributed by atoms with Crippen molar-refractivity contribution in [3.8, 4) is 0 Å². The molecule has 0 radical (unpaired) electrons. The Morgan fingerprint density at radius 1 is 0.931 bits per heavy atom. The first-order valence-corrected chi connectivity index (χ1v) is 8.38. The number of hydrogen-bond acceptors (Lipinski definition) is 11. The number of nitrogens with one attached hydrogen (secondary N) is 1. The second-order valence-corrected chi connectivity index (χ2v) is 5.87. The first-order valence-electron chi connectivity index (χ1n) is 8.38. The van der Waals surface area contributed by atoms with Gasteiger partial charge in [0, 0.05) is 30.9 Å². The summed E-state index contributed by atoms with van der Waals surface area (Å²) in [7, 11) is 0. The maximum atomic E-state index is 11.6. The average molecular weight is 404 g/mol. The van der Waals surface area contributed by atoms with Gasteiger partial charge in [-0.05, 0) is 28.5 Å². The van der Waals surface area contributed by atoms with Crippen molar-refractivity contribution in [1.82, 2.24) is 10.3 Å².